The maximum atomic E-state index is 12.7. The largest absolute Gasteiger partial charge is 0.455 e. The number of fused-ring (bicyclic) bond motifs is 1. The smallest absolute Gasteiger partial charge is 0.291 e. The molecule has 1 aliphatic carbocycles. The monoisotopic (exact) mass is 327 g/mol. The van der Waals surface area contributed by atoms with Crippen LogP contribution in [0.15, 0.2) is 22.6 Å². The van der Waals surface area contributed by atoms with Gasteiger partial charge in [0.25, 0.3) is 5.91 Å². The first kappa shape index (κ1) is 16.8. The van der Waals surface area contributed by atoms with Crippen molar-refractivity contribution >= 4 is 11.6 Å². The number of carbonyl (C=O) groups excluding carboxylic acids is 1. The van der Waals surface area contributed by atoms with E-state index in [0.717, 1.165) is 40.1 Å². The molecule has 1 amide bonds. The molecule has 4 heteroatoms. The van der Waals surface area contributed by atoms with E-state index in [0.29, 0.717) is 12.2 Å². The van der Waals surface area contributed by atoms with Crippen LogP contribution >= 0.6 is 0 Å². The zero-order valence-corrected chi connectivity index (χ0v) is 15.0. The lowest BCUT2D eigenvalue weighted by Gasteiger charge is -2.31. The molecule has 1 aromatic heterocycles. The molecule has 0 bridgehead atoms. The standard InChI is InChI=1S/C20H25NO3/c1-11-6-7-12(2)14(8-11)21-19(23)18-13(3)17-15(22)9-20(4,5)10-16(17)24-18/h6-8,15,22H,9-10H2,1-5H3,(H,21,23)/t15-/m1/s1. The van der Waals surface area contributed by atoms with Gasteiger partial charge in [0.15, 0.2) is 5.76 Å². The molecule has 2 N–H and O–H groups in total. The Morgan fingerprint density at radius 1 is 1.29 bits per heavy atom. The van der Waals surface area contributed by atoms with Crippen LogP contribution in [0.4, 0.5) is 5.69 Å². The molecule has 0 fully saturated rings. The summed E-state index contributed by atoms with van der Waals surface area (Å²) < 4.78 is 5.87. The van der Waals surface area contributed by atoms with Gasteiger partial charge in [-0.3, -0.25) is 4.79 Å². The summed E-state index contributed by atoms with van der Waals surface area (Å²) in [5.74, 6) is 0.778. The van der Waals surface area contributed by atoms with Crippen molar-refractivity contribution in [2.75, 3.05) is 5.32 Å². The molecule has 4 nitrogen and oxygen atoms in total. The molecule has 1 atom stereocenters. The molecule has 0 saturated carbocycles. The van der Waals surface area contributed by atoms with Crippen LogP contribution < -0.4 is 5.32 Å². The molecule has 2 aromatic rings. The van der Waals surface area contributed by atoms with Gasteiger partial charge in [-0.15, -0.1) is 0 Å². The fourth-order valence-electron chi connectivity index (χ4n) is 3.55. The second-order valence-electron chi connectivity index (χ2n) is 7.73. The number of rotatable bonds is 2. The number of benzene rings is 1. The first-order valence-electron chi connectivity index (χ1n) is 8.37. The average Bonchev–Trinajstić information content (AvgIpc) is 2.78. The topological polar surface area (TPSA) is 62.5 Å². The summed E-state index contributed by atoms with van der Waals surface area (Å²) in [6.07, 6.45) is 0.838. The van der Waals surface area contributed by atoms with Crippen molar-refractivity contribution in [3.63, 3.8) is 0 Å². The van der Waals surface area contributed by atoms with Crippen molar-refractivity contribution in [1.82, 2.24) is 0 Å². The van der Waals surface area contributed by atoms with E-state index in [1.54, 1.807) is 0 Å². The predicted octanol–water partition coefficient (Wildman–Crippen LogP) is 4.46. The summed E-state index contributed by atoms with van der Waals surface area (Å²) >= 11 is 0. The Bertz CT molecular complexity index is 801. The molecular weight excluding hydrogens is 302 g/mol. The maximum absolute atomic E-state index is 12.7. The Morgan fingerprint density at radius 2 is 2.00 bits per heavy atom. The lowest BCUT2D eigenvalue weighted by molar-refractivity contribution is 0.0910. The summed E-state index contributed by atoms with van der Waals surface area (Å²) in [6.45, 7) is 10.0. The number of aryl methyl sites for hydroxylation is 2. The number of nitrogens with one attached hydrogen (secondary N) is 1. The summed E-state index contributed by atoms with van der Waals surface area (Å²) in [4.78, 5) is 12.7. The lowest BCUT2D eigenvalue weighted by atomic mass is 9.75. The van der Waals surface area contributed by atoms with Crippen molar-refractivity contribution in [3.8, 4) is 0 Å². The van der Waals surface area contributed by atoms with E-state index in [-0.39, 0.29) is 11.3 Å². The SMILES string of the molecule is Cc1ccc(C)c(NC(=O)c2oc3c(c2C)[C@H](O)CC(C)(C)C3)c1. The van der Waals surface area contributed by atoms with E-state index >= 15 is 0 Å². The van der Waals surface area contributed by atoms with Crippen molar-refractivity contribution < 1.29 is 14.3 Å². The van der Waals surface area contributed by atoms with Crippen LogP contribution in [0, 0.1) is 26.2 Å². The van der Waals surface area contributed by atoms with E-state index in [1.807, 2.05) is 39.0 Å². The second-order valence-corrected chi connectivity index (χ2v) is 7.73. The van der Waals surface area contributed by atoms with E-state index in [9.17, 15) is 9.90 Å². The Labute approximate surface area is 142 Å². The summed E-state index contributed by atoms with van der Waals surface area (Å²) in [6, 6.07) is 5.95. The summed E-state index contributed by atoms with van der Waals surface area (Å²) in [5, 5.41) is 13.4. The normalized spacial score (nSPS) is 19.0. The minimum atomic E-state index is -0.574. The Morgan fingerprint density at radius 3 is 2.71 bits per heavy atom. The number of aliphatic hydroxyl groups is 1. The molecule has 3 rings (SSSR count). The lowest BCUT2D eigenvalue weighted by Crippen LogP contribution is -2.24. The van der Waals surface area contributed by atoms with E-state index in [2.05, 4.69) is 19.2 Å². The molecule has 0 unspecified atom stereocenters. The van der Waals surface area contributed by atoms with Crippen molar-refractivity contribution in [1.29, 1.82) is 0 Å². The van der Waals surface area contributed by atoms with Gasteiger partial charge in [0, 0.05) is 23.2 Å². The van der Waals surface area contributed by atoms with Crippen LogP contribution in [0.3, 0.4) is 0 Å². The van der Waals surface area contributed by atoms with Gasteiger partial charge >= 0.3 is 0 Å². The van der Waals surface area contributed by atoms with Crippen LogP contribution in [0.1, 0.15) is 64.9 Å². The quantitative estimate of drug-likeness (QED) is 0.856. The molecule has 1 aromatic carbocycles. The molecule has 1 heterocycles. The van der Waals surface area contributed by atoms with E-state index < -0.39 is 6.10 Å². The van der Waals surface area contributed by atoms with Crippen molar-refractivity contribution in [3.05, 3.63) is 52.0 Å². The van der Waals surface area contributed by atoms with Gasteiger partial charge in [0.1, 0.15) is 5.76 Å². The minimum Gasteiger partial charge on any atom is -0.455 e. The molecule has 1 aliphatic rings. The Hall–Kier alpha value is -2.07. The predicted molar refractivity (Wildman–Crippen MR) is 94.4 cm³/mol. The van der Waals surface area contributed by atoms with Gasteiger partial charge < -0.3 is 14.8 Å². The molecule has 24 heavy (non-hydrogen) atoms. The number of amides is 1. The molecule has 0 saturated heterocycles. The zero-order valence-electron chi connectivity index (χ0n) is 15.0. The molecule has 0 spiro atoms. The summed E-state index contributed by atoms with van der Waals surface area (Å²) in [7, 11) is 0. The van der Waals surface area contributed by atoms with Gasteiger partial charge in [-0.25, -0.2) is 0 Å². The third kappa shape index (κ3) is 2.98. The van der Waals surface area contributed by atoms with Crippen molar-refractivity contribution in [2.24, 2.45) is 5.41 Å². The highest BCUT2D eigenvalue weighted by Crippen LogP contribution is 2.44. The Balaban J connectivity index is 1.93. The van der Waals surface area contributed by atoms with Gasteiger partial charge in [-0.05, 0) is 49.8 Å². The number of anilines is 1. The molecule has 0 radical (unpaired) electrons. The van der Waals surface area contributed by atoms with E-state index in [4.69, 9.17) is 4.42 Å². The number of furan rings is 1. The molecule has 128 valence electrons. The molecular formula is C20H25NO3. The van der Waals surface area contributed by atoms with Gasteiger partial charge in [0.05, 0.1) is 6.10 Å². The first-order valence-corrected chi connectivity index (χ1v) is 8.37. The minimum absolute atomic E-state index is 0.0302. The fraction of sp³-hybridized carbons (Fsp3) is 0.450. The van der Waals surface area contributed by atoms with Gasteiger partial charge in [0.2, 0.25) is 0 Å². The van der Waals surface area contributed by atoms with Gasteiger partial charge in [-0.1, -0.05) is 26.0 Å². The Kier molecular flexibility index (Phi) is 4.04. The van der Waals surface area contributed by atoms with Crippen LogP contribution in [0.5, 0.6) is 0 Å². The number of carbonyl (C=O) groups is 1. The zero-order chi connectivity index (χ0) is 17.6. The van der Waals surface area contributed by atoms with Crippen LogP contribution in [0.2, 0.25) is 0 Å². The number of hydrogen-bond acceptors (Lipinski definition) is 3. The van der Waals surface area contributed by atoms with Crippen LogP contribution in [-0.4, -0.2) is 11.0 Å². The molecule has 0 aliphatic heterocycles. The number of aliphatic hydroxyl groups excluding tert-OH is 1. The van der Waals surface area contributed by atoms with Gasteiger partial charge in [-0.2, -0.15) is 0 Å². The third-order valence-electron chi connectivity index (χ3n) is 4.84. The average molecular weight is 327 g/mol. The first-order chi connectivity index (χ1) is 11.2. The third-order valence-corrected chi connectivity index (χ3v) is 4.84. The second kappa shape index (κ2) is 5.78. The van der Waals surface area contributed by atoms with Crippen LogP contribution in [-0.2, 0) is 6.42 Å². The van der Waals surface area contributed by atoms with E-state index in [1.165, 1.54) is 0 Å². The summed E-state index contributed by atoms with van der Waals surface area (Å²) in [5.41, 5.74) is 4.39. The number of hydrogen-bond donors (Lipinski definition) is 2. The van der Waals surface area contributed by atoms with Crippen molar-refractivity contribution in [2.45, 2.75) is 53.6 Å². The highest BCUT2D eigenvalue weighted by molar-refractivity contribution is 6.04. The van der Waals surface area contributed by atoms with Crippen LogP contribution in [0.25, 0.3) is 0 Å². The highest BCUT2D eigenvalue weighted by atomic mass is 16.4. The fourth-order valence-corrected chi connectivity index (χ4v) is 3.55. The maximum Gasteiger partial charge on any atom is 0.291 e. The highest BCUT2D eigenvalue weighted by Gasteiger charge is 2.37.